The molecule has 0 spiro atoms. The fraction of sp³-hybridized carbons (Fsp3) is 0.778. The zero-order valence-corrected chi connectivity index (χ0v) is 15.0. The second kappa shape index (κ2) is 8.06. The molecule has 23 heavy (non-hydrogen) atoms. The SMILES string of the molecule is CCCNc1ncc(CN2CC[C@@](C)(O)[C@@H](CC(C)C)C2)cn1. The summed E-state index contributed by atoms with van der Waals surface area (Å²) in [5.74, 6) is 1.65. The van der Waals surface area contributed by atoms with Gasteiger partial charge in [-0.25, -0.2) is 9.97 Å². The lowest BCUT2D eigenvalue weighted by Crippen LogP contribution is -2.50. The first-order valence-corrected chi connectivity index (χ1v) is 8.90. The van der Waals surface area contributed by atoms with E-state index in [4.69, 9.17) is 0 Å². The standard InChI is InChI=1S/C18H32N4O/c1-5-7-19-17-20-10-15(11-21-17)12-22-8-6-18(4,23)16(13-22)9-14(2)3/h10-11,14,16,23H,5-9,12-13H2,1-4H3,(H,19,20,21)/t16-,18+/m0/s1. The molecule has 5 nitrogen and oxygen atoms in total. The van der Waals surface area contributed by atoms with Crippen molar-refractivity contribution in [2.75, 3.05) is 25.0 Å². The number of aromatic nitrogens is 2. The number of hydrogen-bond donors (Lipinski definition) is 2. The van der Waals surface area contributed by atoms with Gasteiger partial charge in [0.05, 0.1) is 5.60 Å². The smallest absolute Gasteiger partial charge is 0.222 e. The van der Waals surface area contributed by atoms with Gasteiger partial charge in [0.2, 0.25) is 5.95 Å². The first-order valence-electron chi connectivity index (χ1n) is 8.90. The third-order valence-electron chi connectivity index (χ3n) is 4.69. The van der Waals surface area contributed by atoms with Crippen molar-refractivity contribution in [2.24, 2.45) is 11.8 Å². The minimum Gasteiger partial charge on any atom is -0.390 e. The number of nitrogens with one attached hydrogen (secondary N) is 1. The molecule has 5 heteroatoms. The van der Waals surface area contributed by atoms with Crippen LogP contribution in [0.4, 0.5) is 5.95 Å². The van der Waals surface area contributed by atoms with Gasteiger partial charge in [0.15, 0.2) is 0 Å². The highest BCUT2D eigenvalue weighted by atomic mass is 16.3. The molecule has 1 aromatic heterocycles. The zero-order valence-electron chi connectivity index (χ0n) is 15.0. The molecule has 1 aliphatic heterocycles. The molecule has 2 atom stereocenters. The van der Waals surface area contributed by atoms with Crippen molar-refractivity contribution in [1.29, 1.82) is 0 Å². The molecular formula is C18H32N4O. The Kier molecular flexibility index (Phi) is 6.36. The molecule has 0 bridgehead atoms. The fourth-order valence-electron chi connectivity index (χ4n) is 3.25. The molecule has 1 fully saturated rings. The lowest BCUT2D eigenvalue weighted by Gasteiger charge is -2.43. The first kappa shape index (κ1) is 18.1. The van der Waals surface area contributed by atoms with Crippen LogP contribution in [0.1, 0.15) is 52.5 Å². The summed E-state index contributed by atoms with van der Waals surface area (Å²) >= 11 is 0. The number of aliphatic hydroxyl groups is 1. The van der Waals surface area contributed by atoms with Crippen LogP contribution in [0.25, 0.3) is 0 Å². The van der Waals surface area contributed by atoms with E-state index < -0.39 is 5.60 Å². The molecule has 0 radical (unpaired) electrons. The quantitative estimate of drug-likeness (QED) is 0.809. The number of nitrogens with zero attached hydrogens (tertiary/aromatic N) is 3. The van der Waals surface area contributed by atoms with Crippen molar-refractivity contribution in [2.45, 2.75) is 59.1 Å². The van der Waals surface area contributed by atoms with Gasteiger partial charge in [0.1, 0.15) is 0 Å². The average molecular weight is 320 g/mol. The predicted octanol–water partition coefficient (Wildman–Crippen LogP) is 2.92. The Morgan fingerprint density at radius 3 is 2.70 bits per heavy atom. The summed E-state index contributed by atoms with van der Waals surface area (Å²) in [6.07, 6.45) is 6.79. The van der Waals surface area contributed by atoms with Gasteiger partial charge >= 0.3 is 0 Å². The largest absolute Gasteiger partial charge is 0.390 e. The fourth-order valence-corrected chi connectivity index (χ4v) is 3.25. The van der Waals surface area contributed by atoms with Gasteiger partial charge in [-0.3, -0.25) is 4.90 Å². The number of hydrogen-bond acceptors (Lipinski definition) is 5. The average Bonchev–Trinajstić information content (AvgIpc) is 2.50. The Hall–Kier alpha value is -1.20. The van der Waals surface area contributed by atoms with E-state index in [0.717, 1.165) is 51.0 Å². The molecular weight excluding hydrogens is 288 g/mol. The lowest BCUT2D eigenvalue weighted by atomic mass is 9.78. The van der Waals surface area contributed by atoms with Gasteiger partial charge in [-0.05, 0) is 32.1 Å². The van der Waals surface area contributed by atoms with Crippen LogP contribution in [0.15, 0.2) is 12.4 Å². The normalized spacial score (nSPS) is 25.7. The second-order valence-corrected chi connectivity index (χ2v) is 7.51. The van der Waals surface area contributed by atoms with Crippen molar-refractivity contribution >= 4 is 5.95 Å². The van der Waals surface area contributed by atoms with E-state index in [1.54, 1.807) is 0 Å². The summed E-state index contributed by atoms with van der Waals surface area (Å²) in [5.41, 5.74) is 0.599. The van der Waals surface area contributed by atoms with E-state index >= 15 is 0 Å². The molecule has 0 saturated carbocycles. The summed E-state index contributed by atoms with van der Waals surface area (Å²) in [5, 5.41) is 13.8. The maximum Gasteiger partial charge on any atom is 0.222 e. The van der Waals surface area contributed by atoms with E-state index in [1.165, 1.54) is 0 Å². The maximum atomic E-state index is 10.6. The van der Waals surface area contributed by atoms with Crippen LogP contribution >= 0.6 is 0 Å². The molecule has 2 N–H and O–H groups in total. The van der Waals surface area contributed by atoms with Crippen LogP contribution in [-0.2, 0) is 6.54 Å². The molecule has 0 aliphatic carbocycles. The summed E-state index contributed by atoms with van der Waals surface area (Å²) in [4.78, 5) is 11.2. The molecule has 1 saturated heterocycles. The van der Waals surface area contributed by atoms with Crippen LogP contribution in [0.2, 0.25) is 0 Å². The molecule has 2 rings (SSSR count). The summed E-state index contributed by atoms with van der Waals surface area (Å²) < 4.78 is 0. The number of likely N-dealkylation sites (tertiary alicyclic amines) is 1. The molecule has 130 valence electrons. The number of rotatable bonds is 7. The second-order valence-electron chi connectivity index (χ2n) is 7.51. The number of piperidine rings is 1. The summed E-state index contributed by atoms with van der Waals surface area (Å²) in [7, 11) is 0. The van der Waals surface area contributed by atoms with Crippen LogP contribution in [0, 0.1) is 11.8 Å². The van der Waals surface area contributed by atoms with Gasteiger partial charge < -0.3 is 10.4 Å². The number of anilines is 1. The molecule has 0 aromatic carbocycles. The van der Waals surface area contributed by atoms with Crippen molar-refractivity contribution < 1.29 is 5.11 Å². The molecule has 0 amide bonds. The third-order valence-corrected chi connectivity index (χ3v) is 4.69. The van der Waals surface area contributed by atoms with Gasteiger partial charge in [-0.2, -0.15) is 0 Å². The van der Waals surface area contributed by atoms with Crippen molar-refractivity contribution in [3.05, 3.63) is 18.0 Å². The third kappa shape index (κ3) is 5.43. The Morgan fingerprint density at radius 2 is 2.09 bits per heavy atom. The molecule has 1 aromatic rings. The van der Waals surface area contributed by atoms with E-state index in [1.807, 2.05) is 19.3 Å². The van der Waals surface area contributed by atoms with Crippen LogP contribution in [-0.4, -0.2) is 45.2 Å². The van der Waals surface area contributed by atoms with Crippen LogP contribution < -0.4 is 5.32 Å². The Labute approximate surface area is 140 Å². The van der Waals surface area contributed by atoms with E-state index in [0.29, 0.717) is 17.8 Å². The van der Waals surface area contributed by atoms with E-state index in [2.05, 4.69) is 41.0 Å². The molecule has 2 heterocycles. The van der Waals surface area contributed by atoms with E-state index in [9.17, 15) is 5.11 Å². The Morgan fingerprint density at radius 1 is 1.39 bits per heavy atom. The maximum absolute atomic E-state index is 10.6. The lowest BCUT2D eigenvalue weighted by molar-refractivity contribution is -0.0664. The van der Waals surface area contributed by atoms with Gasteiger partial charge in [-0.1, -0.05) is 20.8 Å². The minimum absolute atomic E-state index is 0.336. The topological polar surface area (TPSA) is 61.3 Å². The van der Waals surface area contributed by atoms with Crippen molar-refractivity contribution in [3.8, 4) is 0 Å². The Bertz CT molecular complexity index is 472. The van der Waals surface area contributed by atoms with Gasteiger partial charge in [0.25, 0.3) is 0 Å². The van der Waals surface area contributed by atoms with E-state index in [-0.39, 0.29) is 0 Å². The highest BCUT2D eigenvalue weighted by Gasteiger charge is 2.37. The zero-order chi connectivity index (χ0) is 16.9. The molecule has 0 unspecified atom stereocenters. The van der Waals surface area contributed by atoms with Gasteiger partial charge in [-0.15, -0.1) is 0 Å². The summed E-state index contributed by atoms with van der Waals surface area (Å²) in [6.45, 7) is 12.2. The summed E-state index contributed by atoms with van der Waals surface area (Å²) in [6, 6.07) is 0. The van der Waals surface area contributed by atoms with Crippen molar-refractivity contribution in [1.82, 2.24) is 14.9 Å². The highest BCUT2D eigenvalue weighted by molar-refractivity contribution is 5.24. The van der Waals surface area contributed by atoms with Crippen LogP contribution in [0.3, 0.4) is 0 Å². The van der Waals surface area contributed by atoms with Crippen molar-refractivity contribution in [3.63, 3.8) is 0 Å². The monoisotopic (exact) mass is 320 g/mol. The molecule has 1 aliphatic rings. The minimum atomic E-state index is -0.537. The highest BCUT2D eigenvalue weighted by Crippen LogP contribution is 2.32. The van der Waals surface area contributed by atoms with Crippen LogP contribution in [0.5, 0.6) is 0 Å². The Balaban J connectivity index is 1.92. The predicted molar refractivity (Wildman–Crippen MR) is 94.3 cm³/mol. The first-order chi connectivity index (χ1) is 10.9. The van der Waals surface area contributed by atoms with Gasteiger partial charge in [0, 0.05) is 50.1 Å².